The predicted molar refractivity (Wildman–Crippen MR) is 57.8 cm³/mol. The smallest absolute Gasteiger partial charge is 0.150 e. The molecule has 0 aromatic heterocycles. The maximum absolute atomic E-state index is 13.2. The number of aldehydes is 1. The summed E-state index contributed by atoms with van der Waals surface area (Å²) < 4.78 is 13.2. The zero-order chi connectivity index (χ0) is 10.8. The van der Waals surface area contributed by atoms with E-state index in [1.807, 2.05) is 6.92 Å². The van der Waals surface area contributed by atoms with Crippen LogP contribution in [0.25, 0.3) is 0 Å². The molecule has 0 amide bonds. The number of carbonyl (C=O) groups excluding carboxylic acids is 1. The van der Waals surface area contributed by atoms with Crippen LogP contribution in [0.2, 0.25) is 0 Å². The molecule has 2 rings (SSSR count). The van der Waals surface area contributed by atoms with Gasteiger partial charge in [0.05, 0.1) is 0 Å². The molecule has 0 heterocycles. The van der Waals surface area contributed by atoms with E-state index in [1.165, 1.54) is 25.0 Å². The fourth-order valence-electron chi connectivity index (χ4n) is 1.87. The topological polar surface area (TPSA) is 20.3 Å². The maximum atomic E-state index is 13.2. The van der Waals surface area contributed by atoms with Crippen molar-refractivity contribution in [2.24, 2.45) is 0 Å². The molecule has 0 radical (unpaired) electrons. The molecule has 80 valence electrons. The Bertz CT molecular complexity index is 374. The van der Waals surface area contributed by atoms with Crippen LogP contribution in [0.1, 0.15) is 30.1 Å². The Balaban J connectivity index is 2.32. The average molecular weight is 207 g/mol. The van der Waals surface area contributed by atoms with E-state index in [4.69, 9.17) is 0 Å². The van der Waals surface area contributed by atoms with Crippen molar-refractivity contribution in [3.8, 4) is 0 Å². The van der Waals surface area contributed by atoms with Gasteiger partial charge in [-0.3, -0.25) is 4.79 Å². The van der Waals surface area contributed by atoms with Crippen molar-refractivity contribution < 1.29 is 9.18 Å². The Labute approximate surface area is 88.7 Å². The number of carbonyl (C=O) groups is 1. The van der Waals surface area contributed by atoms with E-state index >= 15 is 0 Å². The molecule has 0 unspecified atom stereocenters. The fourth-order valence-corrected chi connectivity index (χ4v) is 1.87. The van der Waals surface area contributed by atoms with E-state index in [2.05, 4.69) is 4.90 Å². The predicted octanol–water partition coefficient (Wildman–Crippen LogP) is 2.63. The van der Waals surface area contributed by atoms with Gasteiger partial charge >= 0.3 is 0 Å². The minimum absolute atomic E-state index is 0.339. The third kappa shape index (κ3) is 2.17. The number of benzene rings is 1. The Kier molecular flexibility index (Phi) is 2.71. The van der Waals surface area contributed by atoms with Crippen LogP contribution in [-0.4, -0.2) is 18.9 Å². The van der Waals surface area contributed by atoms with Crippen LogP contribution < -0.4 is 4.90 Å². The molecule has 1 aromatic carbocycles. The Morgan fingerprint density at radius 3 is 2.73 bits per heavy atom. The van der Waals surface area contributed by atoms with E-state index in [1.54, 1.807) is 6.07 Å². The zero-order valence-electron chi connectivity index (χ0n) is 8.74. The lowest BCUT2D eigenvalue weighted by Crippen LogP contribution is -2.25. The molecule has 0 spiro atoms. The zero-order valence-corrected chi connectivity index (χ0v) is 8.74. The molecular formula is C12H14FNO. The second kappa shape index (κ2) is 4.01. The van der Waals surface area contributed by atoms with Crippen LogP contribution in [0.4, 0.5) is 10.1 Å². The van der Waals surface area contributed by atoms with E-state index in [0.29, 0.717) is 17.9 Å². The number of hydrogen-bond donors (Lipinski definition) is 0. The number of nitrogens with zero attached hydrogens (tertiary/aromatic N) is 1. The summed E-state index contributed by atoms with van der Waals surface area (Å²) in [6, 6.07) is 5.04. The van der Waals surface area contributed by atoms with Crippen molar-refractivity contribution in [3.63, 3.8) is 0 Å². The second-order valence-corrected chi connectivity index (χ2v) is 3.88. The summed E-state index contributed by atoms with van der Waals surface area (Å²) in [5, 5.41) is 0. The van der Waals surface area contributed by atoms with Crippen molar-refractivity contribution in [2.45, 2.75) is 25.8 Å². The Hall–Kier alpha value is -1.38. The van der Waals surface area contributed by atoms with Gasteiger partial charge in [0.15, 0.2) is 0 Å². The Morgan fingerprint density at radius 1 is 1.47 bits per heavy atom. The molecule has 1 aliphatic carbocycles. The summed E-state index contributed by atoms with van der Waals surface area (Å²) in [7, 11) is 0. The standard InChI is InChI=1S/C12H14FNO/c1-2-14(11-3-4-11)12-6-9(8-15)5-10(13)7-12/h5-8,11H,2-4H2,1H3. The largest absolute Gasteiger partial charge is 0.369 e. The maximum Gasteiger partial charge on any atom is 0.150 e. The van der Waals surface area contributed by atoms with E-state index in [-0.39, 0.29) is 5.82 Å². The molecule has 0 atom stereocenters. The van der Waals surface area contributed by atoms with Gasteiger partial charge in [-0.1, -0.05) is 0 Å². The summed E-state index contributed by atoms with van der Waals surface area (Å²) in [6.07, 6.45) is 3.02. The van der Waals surface area contributed by atoms with Gasteiger partial charge in [-0.2, -0.15) is 0 Å². The molecule has 1 saturated carbocycles. The monoisotopic (exact) mass is 207 g/mol. The molecule has 1 aromatic rings. The van der Waals surface area contributed by atoms with Crippen molar-refractivity contribution in [1.82, 2.24) is 0 Å². The highest BCUT2D eigenvalue weighted by Gasteiger charge is 2.28. The van der Waals surface area contributed by atoms with Gasteiger partial charge in [-0.05, 0) is 38.0 Å². The first-order valence-corrected chi connectivity index (χ1v) is 5.27. The molecule has 15 heavy (non-hydrogen) atoms. The number of halogens is 1. The summed E-state index contributed by atoms with van der Waals surface area (Å²) in [6.45, 7) is 2.90. The molecule has 1 aliphatic rings. The number of anilines is 1. The van der Waals surface area contributed by atoms with Crippen LogP contribution in [0.15, 0.2) is 18.2 Å². The molecule has 0 saturated heterocycles. The molecule has 2 nitrogen and oxygen atoms in total. The van der Waals surface area contributed by atoms with Crippen molar-refractivity contribution >= 4 is 12.0 Å². The van der Waals surface area contributed by atoms with Gasteiger partial charge in [0.2, 0.25) is 0 Å². The first-order valence-electron chi connectivity index (χ1n) is 5.27. The molecule has 1 fully saturated rings. The van der Waals surface area contributed by atoms with Crippen LogP contribution in [0, 0.1) is 5.82 Å². The third-order valence-electron chi connectivity index (χ3n) is 2.70. The average Bonchev–Trinajstić information content (AvgIpc) is 3.02. The van der Waals surface area contributed by atoms with Gasteiger partial charge in [-0.25, -0.2) is 4.39 Å². The Morgan fingerprint density at radius 2 is 2.20 bits per heavy atom. The normalized spacial score (nSPS) is 15.1. The molecular weight excluding hydrogens is 193 g/mol. The van der Waals surface area contributed by atoms with E-state index in [0.717, 1.165) is 12.2 Å². The van der Waals surface area contributed by atoms with Crippen LogP contribution >= 0.6 is 0 Å². The van der Waals surface area contributed by atoms with Gasteiger partial charge < -0.3 is 4.90 Å². The first-order chi connectivity index (χ1) is 7.24. The van der Waals surface area contributed by atoms with Gasteiger partial charge in [0, 0.05) is 23.8 Å². The quantitative estimate of drug-likeness (QED) is 0.707. The van der Waals surface area contributed by atoms with Crippen LogP contribution in [0.5, 0.6) is 0 Å². The lowest BCUT2D eigenvalue weighted by Gasteiger charge is -2.23. The lowest BCUT2D eigenvalue weighted by molar-refractivity contribution is 0.112. The molecule has 0 bridgehead atoms. The van der Waals surface area contributed by atoms with Crippen LogP contribution in [-0.2, 0) is 0 Å². The van der Waals surface area contributed by atoms with Gasteiger partial charge in [-0.15, -0.1) is 0 Å². The summed E-state index contributed by atoms with van der Waals surface area (Å²) in [5.41, 5.74) is 1.23. The summed E-state index contributed by atoms with van der Waals surface area (Å²) in [4.78, 5) is 12.8. The van der Waals surface area contributed by atoms with Crippen LogP contribution in [0.3, 0.4) is 0 Å². The fraction of sp³-hybridized carbons (Fsp3) is 0.417. The van der Waals surface area contributed by atoms with Gasteiger partial charge in [0.25, 0.3) is 0 Å². The van der Waals surface area contributed by atoms with Gasteiger partial charge in [0.1, 0.15) is 12.1 Å². The first kappa shape index (κ1) is 10.1. The molecule has 0 N–H and O–H groups in total. The van der Waals surface area contributed by atoms with Crippen molar-refractivity contribution in [2.75, 3.05) is 11.4 Å². The third-order valence-corrected chi connectivity index (χ3v) is 2.70. The van der Waals surface area contributed by atoms with Crippen molar-refractivity contribution in [1.29, 1.82) is 0 Å². The van der Waals surface area contributed by atoms with Crippen molar-refractivity contribution in [3.05, 3.63) is 29.6 Å². The highest BCUT2D eigenvalue weighted by Crippen LogP contribution is 2.31. The lowest BCUT2D eigenvalue weighted by atomic mass is 10.2. The second-order valence-electron chi connectivity index (χ2n) is 3.88. The SMILES string of the molecule is CCN(c1cc(F)cc(C=O)c1)C1CC1. The van der Waals surface area contributed by atoms with E-state index in [9.17, 15) is 9.18 Å². The number of rotatable bonds is 4. The highest BCUT2D eigenvalue weighted by molar-refractivity contribution is 5.77. The minimum atomic E-state index is -0.339. The minimum Gasteiger partial charge on any atom is -0.369 e. The summed E-state index contributed by atoms with van der Waals surface area (Å²) in [5.74, 6) is -0.339. The van der Waals surface area contributed by atoms with E-state index < -0.39 is 0 Å². The highest BCUT2D eigenvalue weighted by atomic mass is 19.1. The summed E-state index contributed by atoms with van der Waals surface area (Å²) >= 11 is 0. The molecule has 0 aliphatic heterocycles. The number of hydrogen-bond acceptors (Lipinski definition) is 2. The molecule has 3 heteroatoms.